The maximum Gasteiger partial charge on any atom is 0.161 e. The van der Waals surface area contributed by atoms with Crippen LogP contribution in [0.1, 0.15) is 22.4 Å². The van der Waals surface area contributed by atoms with E-state index in [1.54, 1.807) is 18.4 Å². The van der Waals surface area contributed by atoms with Crippen LogP contribution in [0.15, 0.2) is 24.4 Å². The van der Waals surface area contributed by atoms with Gasteiger partial charge in [0.25, 0.3) is 0 Å². The molecular weight excluding hydrogens is 272 g/mol. The lowest BCUT2D eigenvalue weighted by Gasteiger charge is -2.11. The zero-order chi connectivity index (χ0) is 14.4. The van der Waals surface area contributed by atoms with Crippen molar-refractivity contribution in [3.8, 4) is 11.5 Å². The third-order valence-corrected chi connectivity index (χ3v) is 3.74. The molecule has 0 unspecified atom stereocenters. The number of nitrogens with one attached hydrogen (secondary N) is 1. The normalized spacial score (nSPS) is 10.6. The van der Waals surface area contributed by atoms with Gasteiger partial charge in [-0.15, -0.1) is 11.3 Å². The van der Waals surface area contributed by atoms with Gasteiger partial charge in [-0.3, -0.25) is 0 Å². The summed E-state index contributed by atoms with van der Waals surface area (Å²) in [5.74, 6) is 1.57. The molecule has 0 fully saturated rings. The zero-order valence-electron chi connectivity index (χ0n) is 12.1. The van der Waals surface area contributed by atoms with Crippen LogP contribution in [0.4, 0.5) is 0 Å². The fraction of sp³-hybridized carbons (Fsp3) is 0.400. The van der Waals surface area contributed by atoms with E-state index in [-0.39, 0.29) is 0 Å². The molecule has 1 N–H and O–H groups in total. The van der Waals surface area contributed by atoms with E-state index in [4.69, 9.17) is 9.47 Å². The summed E-state index contributed by atoms with van der Waals surface area (Å²) in [7, 11) is 1.66. The first-order chi connectivity index (χ1) is 9.72. The molecule has 0 saturated heterocycles. The highest BCUT2D eigenvalue weighted by molar-refractivity contribution is 7.11. The summed E-state index contributed by atoms with van der Waals surface area (Å²) in [6, 6.07) is 6.02. The molecule has 2 aromatic rings. The smallest absolute Gasteiger partial charge is 0.161 e. The number of benzene rings is 1. The van der Waals surface area contributed by atoms with Gasteiger partial charge in [0.2, 0.25) is 0 Å². The predicted octanol–water partition coefficient (Wildman–Crippen LogP) is 3.15. The molecule has 0 bridgehead atoms. The van der Waals surface area contributed by atoms with Crippen molar-refractivity contribution < 1.29 is 9.47 Å². The van der Waals surface area contributed by atoms with Crippen molar-refractivity contribution in [3.63, 3.8) is 0 Å². The lowest BCUT2D eigenvalue weighted by molar-refractivity contribution is 0.310. The van der Waals surface area contributed by atoms with Gasteiger partial charge in [0, 0.05) is 24.2 Å². The Hall–Kier alpha value is -1.59. The largest absolute Gasteiger partial charge is 0.493 e. The van der Waals surface area contributed by atoms with Crippen molar-refractivity contribution in [1.29, 1.82) is 0 Å². The summed E-state index contributed by atoms with van der Waals surface area (Å²) in [5.41, 5.74) is 1.17. The first kappa shape index (κ1) is 14.8. The molecule has 0 amide bonds. The molecule has 20 heavy (non-hydrogen) atoms. The highest BCUT2D eigenvalue weighted by atomic mass is 32.1. The van der Waals surface area contributed by atoms with Crippen molar-refractivity contribution >= 4 is 11.3 Å². The molecule has 1 heterocycles. The van der Waals surface area contributed by atoms with Crippen molar-refractivity contribution in [2.75, 3.05) is 13.7 Å². The van der Waals surface area contributed by atoms with Gasteiger partial charge in [-0.25, -0.2) is 4.98 Å². The number of ether oxygens (including phenoxy) is 2. The van der Waals surface area contributed by atoms with Crippen LogP contribution in [0.3, 0.4) is 0 Å². The SMILES string of the molecule is CCOc1ccc(CNCc2cnc(C)s2)cc1OC. The van der Waals surface area contributed by atoms with Crippen LogP contribution in [-0.2, 0) is 13.1 Å². The van der Waals surface area contributed by atoms with E-state index in [9.17, 15) is 0 Å². The second-order valence-corrected chi connectivity index (χ2v) is 5.69. The molecule has 0 aliphatic heterocycles. The number of methoxy groups -OCH3 is 1. The Morgan fingerprint density at radius 2 is 2.10 bits per heavy atom. The fourth-order valence-corrected chi connectivity index (χ4v) is 2.68. The number of nitrogens with zero attached hydrogens (tertiary/aromatic N) is 1. The van der Waals surface area contributed by atoms with Gasteiger partial charge in [-0.1, -0.05) is 6.07 Å². The second-order valence-electron chi connectivity index (χ2n) is 4.37. The minimum absolute atomic E-state index is 0.638. The third-order valence-electron chi connectivity index (χ3n) is 2.83. The Morgan fingerprint density at radius 1 is 1.25 bits per heavy atom. The van der Waals surface area contributed by atoms with Crippen molar-refractivity contribution in [1.82, 2.24) is 10.3 Å². The van der Waals surface area contributed by atoms with Crippen molar-refractivity contribution in [2.24, 2.45) is 0 Å². The molecule has 0 aliphatic rings. The van der Waals surface area contributed by atoms with E-state index in [2.05, 4.69) is 16.4 Å². The average molecular weight is 292 g/mol. The molecular formula is C15H20N2O2S. The molecule has 1 aromatic heterocycles. The van der Waals surface area contributed by atoms with Gasteiger partial charge < -0.3 is 14.8 Å². The molecule has 0 radical (unpaired) electrons. The lowest BCUT2D eigenvalue weighted by atomic mass is 10.2. The predicted molar refractivity (Wildman–Crippen MR) is 81.6 cm³/mol. The van der Waals surface area contributed by atoms with E-state index in [0.29, 0.717) is 6.61 Å². The van der Waals surface area contributed by atoms with E-state index >= 15 is 0 Å². The quantitative estimate of drug-likeness (QED) is 0.851. The Morgan fingerprint density at radius 3 is 2.75 bits per heavy atom. The van der Waals surface area contributed by atoms with Crippen molar-refractivity contribution in [2.45, 2.75) is 26.9 Å². The second kappa shape index (κ2) is 7.26. The number of rotatable bonds is 7. The molecule has 108 valence electrons. The Labute approximate surface area is 123 Å². The highest BCUT2D eigenvalue weighted by Gasteiger charge is 2.05. The molecule has 4 nitrogen and oxygen atoms in total. The number of hydrogen-bond donors (Lipinski definition) is 1. The number of thiazole rings is 1. The van der Waals surface area contributed by atoms with Gasteiger partial charge in [0.05, 0.1) is 18.7 Å². The summed E-state index contributed by atoms with van der Waals surface area (Å²) >= 11 is 1.72. The van der Waals surface area contributed by atoms with Gasteiger partial charge in [0.1, 0.15) is 0 Å². The molecule has 0 saturated carbocycles. The van der Waals surface area contributed by atoms with Gasteiger partial charge in [0.15, 0.2) is 11.5 Å². The van der Waals surface area contributed by atoms with Crippen molar-refractivity contribution in [3.05, 3.63) is 39.8 Å². The van der Waals surface area contributed by atoms with Crippen LogP contribution >= 0.6 is 11.3 Å². The van der Waals surface area contributed by atoms with E-state index in [1.807, 2.05) is 32.2 Å². The standard InChI is InChI=1S/C15H20N2O2S/c1-4-19-14-6-5-12(7-15(14)18-3)8-16-9-13-10-17-11(2)20-13/h5-7,10,16H,4,8-9H2,1-3H3. The van der Waals surface area contributed by atoms with Crippen LogP contribution in [0.5, 0.6) is 11.5 Å². The maximum absolute atomic E-state index is 5.51. The Kier molecular flexibility index (Phi) is 5.38. The summed E-state index contributed by atoms with van der Waals surface area (Å²) in [6.45, 7) is 6.25. The number of aromatic nitrogens is 1. The van der Waals surface area contributed by atoms with Crippen LogP contribution in [-0.4, -0.2) is 18.7 Å². The van der Waals surface area contributed by atoms with E-state index in [0.717, 1.165) is 29.6 Å². The molecule has 2 rings (SSSR count). The van der Waals surface area contributed by atoms with Crippen LogP contribution in [0.2, 0.25) is 0 Å². The first-order valence-electron chi connectivity index (χ1n) is 6.64. The Bertz CT molecular complexity index is 555. The zero-order valence-corrected chi connectivity index (χ0v) is 12.9. The molecule has 5 heteroatoms. The van der Waals surface area contributed by atoms with E-state index < -0.39 is 0 Å². The molecule has 0 spiro atoms. The van der Waals surface area contributed by atoms with Gasteiger partial charge in [-0.05, 0) is 31.5 Å². The number of hydrogen-bond acceptors (Lipinski definition) is 5. The van der Waals surface area contributed by atoms with Gasteiger partial charge in [-0.2, -0.15) is 0 Å². The van der Waals surface area contributed by atoms with Gasteiger partial charge >= 0.3 is 0 Å². The average Bonchev–Trinajstić information content (AvgIpc) is 2.86. The number of aryl methyl sites for hydroxylation is 1. The Balaban J connectivity index is 1.92. The van der Waals surface area contributed by atoms with Crippen LogP contribution in [0.25, 0.3) is 0 Å². The summed E-state index contributed by atoms with van der Waals surface area (Å²) in [4.78, 5) is 5.49. The van der Waals surface area contributed by atoms with Crippen LogP contribution < -0.4 is 14.8 Å². The summed E-state index contributed by atoms with van der Waals surface area (Å²) in [6.07, 6.45) is 1.92. The first-order valence-corrected chi connectivity index (χ1v) is 7.46. The third kappa shape index (κ3) is 3.95. The minimum Gasteiger partial charge on any atom is -0.493 e. The lowest BCUT2D eigenvalue weighted by Crippen LogP contribution is -2.11. The monoisotopic (exact) mass is 292 g/mol. The van der Waals surface area contributed by atoms with Crippen LogP contribution in [0, 0.1) is 6.92 Å². The molecule has 0 aliphatic carbocycles. The molecule has 0 atom stereocenters. The minimum atomic E-state index is 0.638. The summed E-state index contributed by atoms with van der Waals surface area (Å²) in [5, 5.41) is 4.51. The fourth-order valence-electron chi connectivity index (χ4n) is 1.91. The maximum atomic E-state index is 5.51. The summed E-state index contributed by atoms with van der Waals surface area (Å²) < 4.78 is 10.9. The molecule has 1 aromatic carbocycles. The van der Waals surface area contributed by atoms with E-state index in [1.165, 1.54) is 10.4 Å². The topological polar surface area (TPSA) is 43.4 Å². The highest BCUT2D eigenvalue weighted by Crippen LogP contribution is 2.28.